The van der Waals surface area contributed by atoms with Gasteiger partial charge in [0.25, 0.3) is 0 Å². The van der Waals surface area contributed by atoms with Crippen molar-refractivity contribution in [3.63, 3.8) is 0 Å². The molecule has 96 valence electrons. The van der Waals surface area contributed by atoms with Crippen molar-refractivity contribution in [2.24, 2.45) is 5.92 Å². The van der Waals surface area contributed by atoms with E-state index in [0.29, 0.717) is 6.04 Å². The van der Waals surface area contributed by atoms with Gasteiger partial charge in [-0.05, 0) is 39.7 Å². The average molecular weight is 226 g/mol. The van der Waals surface area contributed by atoms with Gasteiger partial charge < -0.3 is 10.2 Å². The molecule has 0 radical (unpaired) electrons. The van der Waals surface area contributed by atoms with E-state index < -0.39 is 0 Å². The van der Waals surface area contributed by atoms with E-state index in [1.165, 1.54) is 38.6 Å². The first kappa shape index (κ1) is 14.0. The van der Waals surface area contributed by atoms with Crippen molar-refractivity contribution >= 4 is 0 Å². The Morgan fingerprint density at radius 2 is 2.06 bits per heavy atom. The van der Waals surface area contributed by atoms with Crippen LogP contribution in [0.2, 0.25) is 0 Å². The Labute approximate surface area is 102 Å². The molecule has 0 aromatic rings. The SMILES string of the molecule is CCC1CCCC(NCCN(C)C(C)C)C1. The summed E-state index contributed by atoms with van der Waals surface area (Å²) in [5, 5.41) is 3.73. The van der Waals surface area contributed by atoms with Crippen molar-refractivity contribution in [2.75, 3.05) is 20.1 Å². The molecule has 0 amide bonds. The van der Waals surface area contributed by atoms with E-state index in [0.717, 1.165) is 18.5 Å². The Morgan fingerprint density at radius 1 is 1.31 bits per heavy atom. The Kier molecular flexibility index (Phi) is 6.37. The Morgan fingerprint density at radius 3 is 2.69 bits per heavy atom. The van der Waals surface area contributed by atoms with Crippen LogP contribution < -0.4 is 5.32 Å². The van der Waals surface area contributed by atoms with Crippen molar-refractivity contribution in [3.8, 4) is 0 Å². The van der Waals surface area contributed by atoms with Crippen LogP contribution in [0, 0.1) is 5.92 Å². The van der Waals surface area contributed by atoms with E-state index in [4.69, 9.17) is 0 Å². The van der Waals surface area contributed by atoms with Crippen LogP contribution in [-0.4, -0.2) is 37.1 Å². The first-order chi connectivity index (χ1) is 7.63. The van der Waals surface area contributed by atoms with E-state index in [9.17, 15) is 0 Å². The molecule has 0 aliphatic heterocycles. The van der Waals surface area contributed by atoms with Gasteiger partial charge in [-0.1, -0.05) is 26.2 Å². The van der Waals surface area contributed by atoms with Gasteiger partial charge in [-0.3, -0.25) is 0 Å². The molecule has 2 atom stereocenters. The summed E-state index contributed by atoms with van der Waals surface area (Å²) >= 11 is 0. The van der Waals surface area contributed by atoms with E-state index in [1.54, 1.807) is 0 Å². The minimum atomic E-state index is 0.663. The molecule has 1 aliphatic carbocycles. The molecule has 2 nitrogen and oxygen atoms in total. The van der Waals surface area contributed by atoms with Crippen LogP contribution in [0.5, 0.6) is 0 Å². The molecular weight excluding hydrogens is 196 g/mol. The van der Waals surface area contributed by atoms with Gasteiger partial charge in [-0.15, -0.1) is 0 Å². The number of likely N-dealkylation sites (N-methyl/N-ethyl adjacent to an activating group) is 1. The summed E-state index contributed by atoms with van der Waals surface area (Å²) in [5.74, 6) is 0.981. The van der Waals surface area contributed by atoms with Gasteiger partial charge in [0.05, 0.1) is 0 Å². The Balaban J connectivity index is 2.12. The van der Waals surface area contributed by atoms with Gasteiger partial charge in [-0.25, -0.2) is 0 Å². The predicted octanol–water partition coefficient (Wildman–Crippen LogP) is 2.89. The fraction of sp³-hybridized carbons (Fsp3) is 1.00. The summed E-state index contributed by atoms with van der Waals surface area (Å²) in [6, 6.07) is 1.45. The van der Waals surface area contributed by atoms with Crippen molar-refractivity contribution in [1.29, 1.82) is 0 Å². The minimum absolute atomic E-state index is 0.663. The molecule has 1 fully saturated rings. The maximum atomic E-state index is 3.73. The highest BCUT2D eigenvalue weighted by Crippen LogP contribution is 2.26. The lowest BCUT2D eigenvalue weighted by atomic mass is 9.84. The summed E-state index contributed by atoms with van der Waals surface area (Å²) in [6.07, 6.45) is 7.05. The number of hydrogen-bond donors (Lipinski definition) is 1. The van der Waals surface area contributed by atoms with Gasteiger partial charge in [0.1, 0.15) is 0 Å². The fourth-order valence-electron chi connectivity index (χ4n) is 2.55. The largest absolute Gasteiger partial charge is 0.313 e. The molecule has 16 heavy (non-hydrogen) atoms. The third-order valence-corrected chi connectivity index (χ3v) is 4.14. The van der Waals surface area contributed by atoms with Crippen LogP contribution >= 0.6 is 0 Å². The second kappa shape index (κ2) is 7.29. The van der Waals surface area contributed by atoms with E-state index in [-0.39, 0.29) is 0 Å². The van der Waals surface area contributed by atoms with Crippen LogP contribution in [0.3, 0.4) is 0 Å². The van der Waals surface area contributed by atoms with Crippen LogP contribution in [-0.2, 0) is 0 Å². The highest BCUT2D eigenvalue weighted by molar-refractivity contribution is 4.77. The van der Waals surface area contributed by atoms with Crippen LogP contribution in [0.15, 0.2) is 0 Å². The topological polar surface area (TPSA) is 15.3 Å². The minimum Gasteiger partial charge on any atom is -0.313 e. The van der Waals surface area contributed by atoms with Crippen LogP contribution in [0.1, 0.15) is 52.9 Å². The molecule has 0 aromatic carbocycles. The second-order valence-corrected chi connectivity index (χ2v) is 5.67. The lowest BCUT2D eigenvalue weighted by Gasteiger charge is -2.30. The third kappa shape index (κ3) is 4.84. The molecule has 1 saturated carbocycles. The van der Waals surface area contributed by atoms with E-state index in [1.807, 2.05) is 0 Å². The Bertz CT molecular complexity index is 180. The van der Waals surface area contributed by atoms with Crippen LogP contribution in [0.4, 0.5) is 0 Å². The Hall–Kier alpha value is -0.0800. The molecular formula is C14H30N2. The van der Waals surface area contributed by atoms with Gasteiger partial charge in [0.2, 0.25) is 0 Å². The van der Waals surface area contributed by atoms with Gasteiger partial charge in [0.15, 0.2) is 0 Å². The highest BCUT2D eigenvalue weighted by Gasteiger charge is 2.19. The predicted molar refractivity (Wildman–Crippen MR) is 71.8 cm³/mol. The average Bonchev–Trinajstić information content (AvgIpc) is 2.29. The number of nitrogens with one attached hydrogen (secondary N) is 1. The zero-order chi connectivity index (χ0) is 12.0. The second-order valence-electron chi connectivity index (χ2n) is 5.67. The molecule has 0 aromatic heterocycles. The molecule has 1 N–H and O–H groups in total. The number of nitrogens with zero attached hydrogens (tertiary/aromatic N) is 1. The first-order valence-electron chi connectivity index (χ1n) is 7.07. The molecule has 2 unspecified atom stereocenters. The molecule has 1 aliphatic rings. The maximum Gasteiger partial charge on any atom is 0.0107 e. The van der Waals surface area contributed by atoms with Crippen LogP contribution in [0.25, 0.3) is 0 Å². The smallest absolute Gasteiger partial charge is 0.0107 e. The summed E-state index contributed by atoms with van der Waals surface area (Å²) in [6.45, 7) is 9.17. The maximum absolute atomic E-state index is 3.73. The summed E-state index contributed by atoms with van der Waals surface area (Å²) < 4.78 is 0. The molecule has 2 heteroatoms. The molecule has 0 saturated heterocycles. The normalized spacial score (nSPS) is 26.6. The van der Waals surface area contributed by atoms with E-state index in [2.05, 4.69) is 38.0 Å². The molecule has 0 heterocycles. The standard InChI is InChI=1S/C14H30N2/c1-5-13-7-6-8-14(11-13)15-9-10-16(4)12(2)3/h12-15H,5-11H2,1-4H3. The van der Waals surface area contributed by atoms with Crippen molar-refractivity contribution in [2.45, 2.75) is 65.0 Å². The van der Waals surface area contributed by atoms with Crippen molar-refractivity contribution < 1.29 is 0 Å². The zero-order valence-corrected chi connectivity index (χ0v) is 11.6. The lowest BCUT2D eigenvalue weighted by molar-refractivity contribution is 0.244. The summed E-state index contributed by atoms with van der Waals surface area (Å²) in [5.41, 5.74) is 0. The molecule has 0 bridgehead atoms. The van der Waals surface area contributed by atoms with E-state index >= 15 is 0 Å². The quantitative estimate of drug-likeness (QED) is 0.749. The highest BCUT2D eigenvalue weighted by atomic mass is 15.1. The number of rotatable bonds is 6. The first-order valence-corrected chi connectivity index (χ1v) is 7.07. The number of hydrogen-bond acceptors (Lipinski definition) is 2. The van der Waals surface area contributed by atoms with Gasteiger partial charge >= 0.3 is 0 Å². The fourth-order valence-corrected chi connectivity index (χ4v) is 2.55. The van der Waals surface area contributed by atoms with Gasteiger partial charge in [0, 0.05) is 25.2 Å². The third-order valence-electron chi connectivity index (χ3n) is 4.14. The summed E-state index contributed by atoms with van der Waals surface area (Å²) in [4.78, 5) is 2.41. The van der Waals surface area contributed by atoms with Gasteiger partial charge in [-0.2, -0.15) is 0 Å². The zero-order valence-electron chi connectivity index (χ0n) is 11.6. The van der Waals surface area contributed by atoms with Crippen molar-refractivity contribution in [3.05, 3.63) is 0 Å². The molecule has 1 rings (SSSR count). The monoisotopic (exact) mass is 226 g/mol. The summed E-state index contributed by atoms with van der Waals surface area (Å²) in [7, 11) is 2.21. The lowest BCUT2D eigenvalue weighted by Crippen LogP contribution is -2.40. The van der Waals surface area contributed by atoms with Crippen molar-refractivity contribution in [1.82, 2.24) is 10.2 Å². The molecule has 0 spiro atoms.